The maximum Gasteiger partial charge on any atom is 0.149 e. The van der Waals surface area contributed by atoms with Gasteiger partial charge in [0, 0.05) is 6.54 Å². The zero-order valence-electron chi connectivity index (χ0n) is 8.91. The lowest BCUT2D eigenvalue weighted by molar-refractivity contribution is 0.536. The fourth-order valence-corrected chi connectivity index (χ4v) is 2.33. The standard InChI is InChI=1S/C11H16ClN3/c1-8-2-3-9(4-8)5-14-11-7-13-6-10(12)15-11/h6-9H,2-5H2,1H3,(H,14,15). The Bertz CT molecular complexity index is 329. The molecule has 2 unspecified atom stereocenters. The van der Waals surface area contributed by atoms with Crippen molar-refractivity contribution in [1.29, 1.82) is 0 Å². The summed E-state index contributed by atoms with van der Waals surface area (Å²) in [7, 11) is 0. The molecule has 0 amide bonds. The lowest BCUT2D eigenvalue weighted by Crippen LogP contribution is -2.12. The van der Waals surface area contributed by atoms with Crippen LogP contribution in [0.4, 0.5) is 5.82 Å². The van der Waals surface area contributed by atoms with Crippen LogP contribution in [0.15, 0.2) is 12.4 Å². The largest absolute Gasteiger partial charge is 0.368 e. The highest BCUT2D eigenvalue weighted by Gasteiger charge is 2.20. The molecular formula is C11H16ClN3. The SMILES string of the molecule is CC1CCC(CNc2cncc(Cl)n2)C1. The van der Waals surface area contributed by atoms with E-state index in [4.69, 9.17) is 11.6 Å². The minimum Gasteiger partial charge on any atom is -0.368 e. The van der Waals surface area contributed by atoms with Crippen molar-refractivity contribution in [3.63, 3.8) is 0 Å². The van der Waals surface area contributed by atoms with Gasteiger partial charge in [-0.1, -0.05) is 24.9 Å². The van der Waals surface area contributed by atoms with Crippen LogP contribution in [0.2, 0.25) is 5.15 Å². The van der Waals surface area contributed by atoms with Crippen molar-refractivity contribution < 1.29 is 0 Å². The van der Waals surface area contributed by atoms with Gasteiger partial charge in [-0.15, -0.1) is 0 Å². The third-order valence-corrected chi connectivity index (χ3v) is 3.16. The fourth-order valence-electron chi connectivity index (χ4n) is 2.19. The van der Waals surface area contributed by atoms with Gasteiger partial charge in [0.2, 0.25) is 0 Å². The van der Waals surface area contributed by atoms with E-state index in [9.17, 15) is 0 Å². The van der Waals surface area contributed by atoms with E-state index < -0.39 is 0 Å². The second kappa shape index (κ2) is 4.79. The molecule has 0 saturated heterocycles. The molecule has 4 heteroatoms. The van der Waals surface area contributed by atoms with Gasteiger partial charge in [-0.3, -0.25) is 4.98 Å². The number of nitrogens with one attached hydrogen (secondary N) is 1. The minimum atomic E-state index is 0.444. The van der Waals surface area contributed by atoms with Gasteiger partial charge in [-0.25, -0.2) is 4.98 Å². The van der Waals surface area contributed by atoms with Crippen LogP contribution < -0.4 is 5.32 Å². The maximum absolute atomic E-state index is 5.75. The number of hydrogen-bond acceptors (Lipinski definition) is 3. The summed E-state index contributed by atoms with van der Waals surface area (Å²) in [5, 5.41) is 3.73. The Balaban J connectivity index is 1.83. The molecule has 3 nitrogen and oxygen atoms in total. The van der Waals surface area contributed by atoms with E-state index in [1.54, 1.807) is 12.4 Å². The van der Waals surface area contributed by atoms with Gasteiger partial charge in [-0.2, -0.15) is 0 Å². The first kappa shape index (κ1) is 10.7. The maximum atomic E-state index is 5.75. The molecule has 15 heavy (non-hydrogen) atoms. The normalized spacial score (nSPS) is 25.5. The molecule has 0 aliphatic heterocycles. The van der Waals surface area contributed by atoms with Gasteiger partial charge in [-0.05, 0) is 24.7 Å². The van der Waals surface area contributed by atoms with Gasteiger partial charge in [0.1, 0.15) is 11.0 Å². The number of aromatic nitrogens is 2. The second-order valence-electron chi connectivity index (χ2n) is 4.39. The second-order valence-corrected chi connectivity index (χ2v) is 4.78. The van der Waals surface area contributed by atoms with E-state index in [-0.39, 0.29) is 0 Å². The molecule has 1 aromatic heterocycles. The Morgan fingerprint density at radius 2 is 2.33 bits per heavy atom. The average Bonchev–Trinajstić information content (AvgIpc) is 2.62. The molecule has 0 spiro atoms. The van der Waals surface area contributed by atoms with Crippen molar-refractivity contribution in [2.45, 2.75) is 26.2 Å². The van der Waals surface area contributed by atoms with Crippen molar-refractivity contribution in [3.05, 3.63) is 17.5 Å². The Labute approximate surface area is 95.3 Å². The summed E-state index contributed by atoms with van der Waals surface area (Å²) in [6.07, 6.45) is 7.26. The summed E-state index contributed by atoms with van der Waals surface area (Å²) >= 11 is 5.75. The van der Waals surface area contributed by atoms with Crippen LogP contribution in [0.1, 0.15) is 26.2 Å². The van der Waals surface area contributed by atoms with Crippen LogP contribution in [0.3, 0.4) is 0 Å². The summed E-state index contributed by atoms with van der Waals surface area (Å²) < 4.78 is 0. The first-order valence-electron chi connectivity index (χ1n) is 5.45. The Morgan fingerprint density at radius 1 is 1.47 bits per heavy atom. The van der Waals surface area contributed by atoms with E-state index in [1.807, 2.05) is 0 Å². The van der Waals surface area contributed by atoms with Gasteiger partial charge in [0.05, 0.1) is 12.4 Å². The molecule has 2 atom stereocenters. The molecule has 1 aliphatic rings. The Morgan fingerprint density at radius 3 is 3.00 bits per heavy atom. The first-order chi connectivity index (χ1) is 7.24. The number of rotatable bonds is 3. The Kier molecular flexibility index (Phi) is 3.41. The van der Waals surface area contributed by atoms with Crippen LogP contribution >= 0.6 is 11.6 Å². The van der Waals surface area contributed by atoms with Crippen LogP contribution in [0, 0.1) is 11.8 Å². The molecule has 1 heterocycles. The highest BCUT2D eigenvalue weighted by Crippen LogP contribution is 2.30. The van der Waals surface area contributed by atoms with E-state index in [0.29, 0.717) is 5.15 Å². The third-order valence-electron chi connectivity index (χ3n) is 2.98. The zero-order chi connectivity index (χ0) is 10.7. The van der Waals surface area contributed by atoms with Crippen LogP contribution in [-0.2, 0) is 0 Å². The van der Waals surface area contributed by atoms with Crippen molar-refractivity contribution in [3.8, 4) is 0 Å². The van der Waals surface area contributed by atoms with Gasteiger partial charge in [0.25, 0.3) is 0 Å². The van der Waals surface area contributed by atoms with Gasteiger partial charge in [0.15, 0.2) is 0 Å². The van der Waals surface area contributed by atoms with E-state index in [2.05, 4.69) is 22.2 Å². The summed E-state index contributed by atoms with van der Waals surface area (Å²) in [6.45, 7) is 3.30. The van der Waals surface area contributed by atoms with Crippen LogP contribution in [-0.4, -0.2) is 16.5 Å². The van der Waals surface area contributed by atoms with Crippen LogP contribution in [0.25, 0.3) is 0 Å². The molecule has 1 fully saturated rings. The number of nitrogens with zero attached hydrogens (tertiary/aromatic N) is 2. The lowest BCUT2D eigenvalue weighted by atomic mass is 10.1. The molecule has 0 bridgehead atoms. The Hall–Kier alpha value is -0.830. The summed E-state index contributed by atoms with van der Waals surface area (Å²) in [4.78, 5) is 8.13. The minimum absolute atomic E-state index is 0.444. The van der Waals surface area contributed by atoms with E-state index >= 15 is 0 Å². The molecular weight excluding hydrogens is 210 g/mol. The van der Waals surface area contributed by atoms with Crippen molar-refractivity contribution in [2.75, 3.05) is 11.9 Å². The van der Waals surface area contributed by atoms with Gasteiger partial charge < -0.3 is 5.32 Å². The predicted molar refractivity (Wildman–Crippen MR) is 62.0 cm³/mol. The summed E-state index contributed by atoms with van der Waals surface area (Å²) in [5.74, 6) is 2.44. The monoisotopic (exact) mass is 225 g/mol. The molecule has 1 aromatic rings. The molecule has 0 aromatic carbocycles. The number of halogens is 1. The molecule has 2 rings (SSSR count). The summed E-state index contributed by atoms with van der Waals surface area (Å²) in [6, 6.07) is 0. The van der Waals surface area contributed by atoms with Crippen molar-refractivity contribution in [2.24, 2.45) is 11.8 Å². The molecule has 0 radical (unpaired) electrons. The average molecular weight is 226 g/mol. The molecule has 1 aliphatic carbocycles. The molecule has 1 saturated carbocycles. The van der Waals surface area contributed by atoms with E-state index in [1.165, 1.54) is 19.3 Å². The van der Waals surface area contributed by atoms with E-state index in [0.717, 1.165) is 24.2 Å². The topological polar surface area (TPSA) is 37.8 Å². The third kappa shape index (κ3) is 3.06. The zero-order valence-corrected chi connectivity index (χ0v) is 9.67. The first-order valence-corrected chi connectivity index (χ1v) is 5.83. The fraction of sp³-hybridized carbons (Fsp3) is 0.636. The lowest BCUT2D eigenvalue weighted by Gasteiger charge is -2.11. The summed E-state index contributed by atoms with van der Waals surface area (Å²) in [5.41, 5.74) is 0. The molecule has 82 valence electrons. The van der Waals surface area contributed by atoms with Gasteiger partial charge >= 0.3 is 0 Å². The van der Waals surface area contributed by atoms with Crippen molar-refractivity contribution >= 4 is 17.4 Å². The van der Waals surface area contributed by atoms with Crippen molar-refractivity contribution in [1.82, 2.24) is 9.97 Å². The number of anilines is 1. The predicted octanol–water partition coefficient (Wildman–Crippen LogP) is 2.98. The molecule has 1 N–H and O–H groups in total. The smallest absolute Gasteiger partial charge is 0.149 e. The number of hydrogen-bond donors (Lipinski definition) is 1. The highest BCUT2D eigenvalue weighted by atomic mass is 35.5. The van der Waals surface area contributed by atoms with Crippen LogP contribution in [0.5, 0.6) is 0 Å². The quantitative estimate of drug-likeness (QED) is 0.860. The highest BCUT2D eigenvalue weighted by molar-refractivity contribution is 6.29.